The van der Waals surface area contributed by atoms with E-state index in [9.17, 15) is 4.79 Å². The third-order valence-electron chi connectivity index (χ3n) is 5.37. The van der Waals surface area contributed by atoms with Crippen molar-refractivity contribution in [3.8, 4) is 0 Å². The van der Waals surface area contributed by atoms with Gasteiger partial charge in [-0.25, -0.2) is 0 Å². The number of amides is 1. The molecule has 2 fully saturated rings. The molecule has 2 aliphatic heterocycles. The molecular weight excluding hydrogens is 260 g/mol. The minimum absolute atomic E-state index is 0.194. The van der Waals surface area contributed by atoms with Gasteiger partial charge in [-0.1, -0.05) is 18.2 Å². The molecule has 3 heteroatoms. The molecule has 21 heavy (non-hydrogen) atoms. The molecule has 1 aliphatic carbocycles. The van der Waals surface area contributed by atoms with Crippen LogP contribution in [0.2, 0.25) is 0 Å². The van der Waals surface area contributed by atoms with Crippen LogP contribution in [0.1, 0.15) is 48.8 Å². The van der Waals surface area contributed by atoms with Gasteiger partial charge in [-0.3, -0.25) is 4.79 Å². The normalized spacial score (nSPS) is 30.2. The number of rotatable bonds is 3. The SMILES string of the molecule is O=C(Cc1ccc2c(c1)CCC2)NC1CC2CCC(C1)N2. The second-order valence-electron chi connectivity index (χ2n) is 7.01. The first-order chi connectivity index (χ1) is 10.3. The van der Waals surface area contributed by atoms with Crippen molar-refractivity contribution in [2.75, 3.05) is 0 Å². The van der Waals surface area contributed by atoms with Crippen molar-refractivity contribution < 1.29 is 4.79 Å². The molecule has 2 bridgehead atoms. The Labute approximate surface area is 126 Å². The quantitative estimate of drug-likeness (QED) is 0.892. The Morgan fingerprint density at radius 1 is 1.14 bits per heavy atom. The van der Waals surface area contributed by atoms with Crippen molar-refractivity contribution in [2.45, 2.75) is 69.5 Å². The Balaban J connectivity index is 1.35. The van der Waals surface area contributed by atoms with Gasteiger partial charge in [-0.2, -0.15) is 0 Å². The largest absolute Gasteiger partial charge is 0.353 e. The van der Waals surface area contributed by atoms with Gasteiger partial charge in [0, 0.05) is 18.1 Å². The monoisotopic (exact) mass is 284 g/mol. The van der Waals surface area contributed by atoms with E-state index in [-0.39, 0.29) is 5.91 Å². The molecule has 2 unspecified atom stereocenters. The summed E-state index contributed by atoms with van der Waals surface area (Å²) in [6.07, 6.45) is 8.96. The fourth-order valence-electron chi connectivity index (χ4n) is 4.37. The molecule has 2 atom stereocenters. The summed E-state index contributed by atoms with van der Waals surface area (Å²) in [5, 5.41) is 6.88. The number of piperidine rings is 1. The van der Waals surface area contributed by atoms with Gasteiger partial charge in [0.05, 0.1) is 6.42 Å². The second-order valence-corrected chi connectivity index (χ2v) is 7.01. The fourth-order valence-corrected chi connectivity index (χ4v) is 4.37. The molecule has 112 valence electrons. The summed E-state index contributed by atoms with van der Waals surface area (Å²) in [5.74, 6) is 0.194. The molecule has 0 spiro atoms. The third kappa shape index (κ3) is 2.84. The molecule has 4 rings (SSSR count). The highest BCUT2D eigenvalue weighted by Gasteiger charge is 2.33. The molecule has 3 aliphatic rings. The van der Waals surface area contributed by atoms with Gasteiger partial charge in [0.1, 0.15) is 0 Å². The second kappa shape index (κ2) is 5.45. The van der Waals surface area contributed by atoms with Crippen LogP contribution in [-0.4, -0.2) is 24.0 Å². The van der Waals surface area contributed by atoms with E-state index in [1.165, 1.54) is 48.8 Å². The molecule has 0 saturated carbocycles. The summed E-state index contributed by atoms with van der Waals surface area (Å²) in [5.41, 5.74) is 4.11. The van der Waals surface area contributed by atoms with Crippen LogP contribution in [0, 0.1) is 0 Å². The Morgan fingerprint density at radius 3 is 2.71 bits per heavy atom. The molecule has 1 aromatic carbocycles. The van der Waals surface area contributed by atoms with Crippen LogP contribution in [0.5, 0.6) is 0 Å². The van der Waals surface area contributed by atoms with Crippen LogP contribution < -0.4 is 10.6 Å². The molecule has 2 saturated heterocycles. The molecule has 0 aromatic heterocycles. The highest BCUT2D eigenvalue weighted by Crippen LogP contribution is 2.27. The standard InChI is InChI=1S/C18H24N2O/c21-18(20-17-10-15-6-7-16(11-17)19-15)9-12-4-5-13-2-1-3-14(13)8-12/h4-5,8,15-17,19H,1-3,6-7,9-11H2,(H,20,21). The van der Waals surface area contributed by atoms with Gasteiger partial charge < -0.3 is 10.6 Å². The molecule has 2 N–H and O–H groups in total. The van der Waals surface area contributed by atoms with E-state index in [0.29, 0.717) is 24.5 Å². The summed E-state index contributed by atoms with van der Waals surface area (Å²) < 4.78 is 0. The van der Waals surface area contributed by atoms with Crippen molar-refractivity contribution in [3.63, 3.8) is 0 Å². The lowest BCUT2D eigenvalue weighted by atomic mass is 9.99. The molecular formula is C18H24N2O. The van der Waals surface area contributed by atoms with Gasteiger partial charge in [0.15, 0.2) is 0 Å². The smallest absolute Gasteiger partial charge is 0.224 e. The number of aryl methyl sites for hydroxylation is 2. The summed E-state index contributed by atoms with van der Waals surface area (Å²) in [6.45, 7) is 0. The van der Waals surface area contributed by atoms with E-state index in [2.05, 4.69) is 28.8 Å². The molecule has 0 radical (unpaired) electrons. The maximum Gasteiger partial charge on any atom is 0.224 e. The zero-order valence-corrected chi connectivity index (χ0v) is 12.5. The van der Waals surface area contributed by atoms with Crippen LogP contribution in [0.25, 0.3) is 0 Å². The summed E-state index contributed by atoms with van der Waals surface area (Å²) >= 11 is 0. The zero-order valence-electron chi connectivity index (χ0n) is 12.5. The number of fused-ring (bicyclic) bond motifs is 3. The number of carbonyl (C=O) groups excluding carboxylic acids is 1. The van der Waals surface area contributed by atoms with Crippen LogP contribution in [-0.2, 0) is 24.1 Å². The van der Waals surface area contributed by atoms with Crippen LogP contribution in [0.4, 0.5) is 0 Å². The summed E-state index contributed by atoms with van der Waals surface area (Å²) in [4.78, 5) is 12.3. The van der Waals surface area contributed by atoms with Gasteiger partial charge >= 0.3 is 0 Å². The summed E-state index contributed by atoms with van der Waals surface area (Å²) in [7, 11) is 0. The lowest BCUT2D eigenvalue weighted by molar-refractivity contribution is -0.121. The predicted octanol–water partition coefficient (Wildman–Crippen LogP) is 2.12. The van der Waals surface area contributed by atoms with Gasteiger partial charge in [-0.15, -0.1) is 0 Å². The first-order valence-electron chi connectivity index (χ1n) is 8.42. The number of nitrogens with one attached hydrogen (secondary N) is 2. The lowest BCUT2D eigenvalue weighted by Gasteiger charge is -2.29. The predicted molar refractivity (Wildman–Crippen MR) is 83.3 cm³/mol. The number of benzene rings is 1. The minimum Gasteiger partial charge on any atom is -0.353 e. The molecule has 1 amide bonds. The van der Waals surface area contributed by atoms with E-state index in [4.69, 9.17) is 0 Å². The van der Waals surface area contributed by atoms with Crippen molar-refractivity contribution in [2.24, 2.45) is 0 Å². The fraction of sp³-hybridized carbons (Fsp3) is 0.611. The number of hydrogen-bond donors (Lipinski definition) is 2. The van der Waals surface area contributed by atoms with Crippen LogP contribution >= 0.6 is 0 Å². The van der Waals surface area contributed by atoms with E-state index in [0.717, 1.165) is 12.8 Å². The van der Waals surface area contributed by atoms with E-state index in [1.54, 1.807) is 0 Å². The van der Waals surface area contributed by atoms with Crippen molar-refractivity contribution in [1.82, 2.24) is 10.6 Å². The van der Waals surface area contributed by atoms with Crippen LogP contribution in [0.3, 0.4) is 0 Å². The summed E-state index contributed by atoms with van der Waals surface area (Å²) in [6, 6.07) is 8.24. The third-order valence-corrected chi connectivity index (χ3v) is 5.37. The Hall–Kier alpha value is -1.35. The first-order valence-corrected chi connectivity index (χ1v) is 8.42. The average molecular weight is 284 g/mol. The highest BCUT2D eigenvalue weighted by molar-refractivity contribution is 5.79. The van der Waals surface area contributed by atoms with Crippen molar-refractivity contribution in [3.05, 3.63) is 34.9 Å². The first kappa shape index (κ1) is 13.3. The molecule has 2 heterocycles. The van der Waals surface area contributed by atoms with Gasteiger partial charge in [0.2, 0.25) is 5.91 Å². The molecule has 1 aromatic rings. The molecule has 3 nitrogen and oxygen atoms in total. The number of carbonyl (C=O) groups is 1. The van der Waals surface area contributed by atoms with E-state index in [1.807, 2.05) is 0 Å². The minimum atomic E-state index is 0.194. The van der Waals surface area contributed by atoms with Crippen molar-refractivity contribution >= 4 is 5.91 Å². The Morgan fingerprint density at radius 2 is 1.90 bits per heavy atom. The topological polar surface area (TPSA) is 41.1 Å². The maximum atomic E-state index is 12.3. The Kier molecular flexibility index (Phi) is 3.46. The van der Waals surface area contributed by atoms with E-state index < -0.39 is 0 Å². The van der Waals surface area contributed by atoms with Gasteiger partial charge in [-0.05, 0) is 61.6 Å². The van der Waals surface area contributed by atoms with E-state index >= 15 is 0 Å². The Bertz CT molecular complexity index is 542. The maximum absolute atomic E-state index is 12.3. The lowest BCUT2D eigenvalue weighted by Crippen LogP contribution is -2.48. The zero-order chi connectivity index (χ0) is 14.2. The average Bonchev–Trinajstić information content (AvgIpc) is 3.04. The van der Waals surface area contributed by atoms with Crippen molar-refractivity contribution in [1.29, 1.82) is 0 Å². The van der Waals surface area contributed by atoms with Crippen LogP contribution in [0.15, 0.2) is 18.2 Å². The van der Waals surface area contributed by atoms with Gasteiger partial charge in [0.25, 0.3) is 0 Å². The number of hydrogen-bond acceptors (Lipinski definition) is 2. The highest BCUT2D eigenvalue weighted by atomic mass is 16.1.